The molecule has 0 saturated carbocycles. The molecule has 0 bridgehead atoms. The number of H-pyrrole nitrogens is 1. The summed E-state index contributed by atoms with van der Waals surface area (Å²) in [4.78, 5) is 4.17. The molecule has 126 valence electrons. The number of rotatable bonds is 8. The van der Waals surface area contributed by atoms with E-state index in [1.807, 2.05) is 6.07 Å². The second-order valence-corrected chi connectivity index (χ2v) is 5.00. The van der Waals surface area contributed by atoms with Gasteiger partial charge in [0.1, 0.15) is 0 Å². The van der Waals surface area contributed by atoms with Crippen molar-refractivity contribution in [2.75, 3.05) is 33.4 Å². The summed E-state index contributed by atoms with van der Waals surface area (Å²) in [6, 6.07) is 1.93. The van der Waals surface area contributed by atoms with Gasteiger partial charge >= 0.3 is 0 Å². The van der Waals surface area contributed by atoms with Gasteiger partial charge in [-0.1, -0.05) is 0 Å². The summed E-state index contributed by atoms with van der Waals surface area (Å²) in [6.07, 6.45) is 5.27. The fraction of sp³-hybridized carbons (Fsp3) is 0.714. The van der Waals surface area contributed by atoms with Gasteiger partial charge in [-0.15, -0.1) is 24.0 Å². The highest BCUT2D eigenvalue weighted by Gasteiger charge is 2.14. The van der Waals surface area contributed by atoms with Gasteiger partial charge in [-0.05, 0) is 25.3 Å². The van der Waals surface area contributed by atoms with E-state index in [-0.39, 0.29) is 24.0 Å². The lowest BCUT2D eigenvalue weighted by Crippen LogP contribution is -2.37. The van der Waals surface area contributed by atoms with Crippen LogP contribution in [-0.4, -0.2) is 55.7 Å². The van der Waals surface area contributed by atoms with Crippen molar-refractivity contribution < 1.29 is 9.47 Å². The Morgan fingerprint density at radius 2 is 2.45 bits per heavy atom. The zero-order valence-electron chi connectivity index (χ0n) is 13.0. The number of hydrogen-bond acceptors (Lipinski definition) is 4. The normalized spacial score (nSPS) is 18.0. The number of hydrogen-bond donors (Lipinski definition) is 3. The Hall–Kier alpha value is -0.870. The topological polar surface area (TPSA) is 83.6 Å². The minimum atomic E-state index is 0. The molecule has 0 radical (unpaired) electrons. The zero-order chi connectivity index (χ0) is 14.8. The summed E-state index contributed by atoms with van der Waals surface area (Å²) in [7, 11) is 1.76. The van der Waals surface area contributed by atoms with Crippen molar-refractivity contribution in [3.8, 4) is 0 Å². The predicted molar refractivity (Wildman–Crippen MR) is 96.6 cm³/mol. The van der Waals surface area contributed by atoms with Crippen molar-refractivity contribution in [2.45, 2.75) is 31.9 Å². The molecule has 22 heavy (non-hydrogen) atoms. The molecule has 1 atom stereocenters. The van der Waals surface area contributed by atoms with E-state index in [2.05, 4.69) is 25.8 Å². The molecular formula is C14H26IN5O2. The molecule has 0 aliphatic carbocycles. The van der Waals surface area contributed by atoms with E-state index in [1.165, 1.54) is 0 Å². The molecule has 1 aromatic heterocycles. The summed E-state index contributed by atoms with van der Waals surface area (Å²) < 4.78 is 11.1. The average Bonchev–Trinajstić information content (AvgIpc) is 3.19. The second kappa shape index (κ2) is 11.7. The maximum absolute atomic E-state index is 5.61. The highest BCUT2D eigenvalue weighted by molar-refractivity contribution is 14.0. The first kappa shape index (κ1) is 19.2. The molecule has 2 heterocycles. The van der Waals surface area contributed by atoms with Crippen molar-refractivity contribution >= 4 is 29.9 Å². The molecule has 1 aliphatic rings. The van der Waals surface area contributed by atoms with Crippen LogP contribution in [0.1, 0.15) is 25.0 Å². The molecule has 7 nitrogen and oxygen atoms in total. The summed E-state index contributed by atoms with van der Waals surface area (Å²) in [5.41, 5.74) is 1.03. The minimum Gasteiger partial charge on any atom is -0.379 e. The molecule has 1 aromatic rings. The van der Waals surface area contributed by atoms with Crippen LogP contribution < -0.4 is 10.6 Å². The van der Waals surface area contributed by atoms with Gasteiger partial charge in [0.05, 0.1) is 24.9 Å². The van der Waals surface area contributed by atoms with Crippen LogP contribution in [0.3, 0.4) is 0 Å². The van der Waals surface area contributed by atoms with Crippen LogP contribution in [0, 0.1) is 0 Å². The van der Waals surface area contributed by atoms with Gasteiger partial charge in [-0.25, -0.2) is 0 Å². The second-order valence-electron chi connectivity index (χ2n) is 5.00. The van der Waals surface area contributed by atoms with Gasteiger partial charge in [-0.2, -0.15) is 5.10 Å². The van der Waals surface area contributed by atoms with Gasteiger partial charge in [0.15, 0.2) is 5.96 Å². The van der Waals surface area contributed by atoms with Crippen LogP contribution in [0.4, 0.5) is 0 Å². The smallest absolute Gasteiger partial charge is 0.191 e. The molecule has 0 spiro atoms. The largest absolute Gasteiger partial charge is 0.379 e. The third-order valence-electron chi connectivity index (χ3n) is 3.31. The average molecular weight is 423 g/mol. The van der Waals surface area contributed by atoms with E-state index in [0.717, 1.165) is 50.7 Å². The van der Waals surface area contributed by atoms with Gasteiger partial charge in [0, 0.05) is 33.0 Å². The summed E-state index contributed by atoms with van der Waals surface area (Å²) in [5.74, 6) is 0.781. The standard InChI is InChI=1S/C14H25N5O2.HI/c1-15-14(17-10-12-5-7-18-19-12)16-6-3-8-20-11-13-4-2-9-21-13;/h5,7,13H,2-4,6,8-11H2,1H3,(H,18,19)(H2,15,16,17);1H. The first-order valence-electron chi connectivity index (χ1n) is 7.50. The highest BCUT2D eigenvalue weighted by Crippen LogP contribution is 2.11. The lowest BCUT2D eigenvalue weighted by Gasteiger charge is -2.12. The Morgan fingerprint density at radius 3 is 3.14 bits per heavy atom. The highest BCUT2D eigenvalue weighted by atomic mass is 127. The molecule has 1 saturated heterocycles. The Morgan fingerprint density at radius 1 is 1.55 bits per heavy atom. The van der Waals surface area contributed by atoms with Crippen molar-refractivity contribution in [2.24, 2.45) is 4.99 Å². The Kier molecular flexibility index (Phi) is 10.2. The third kappa shape index (κ3) is 7.41. The Bertz CT molecular complexity index is 407. The van der Waals surface area contributed by atoms with E-state index in [4.69, 9.17) is 9.47 Å². The number of aliphatic imine (C=N–C) groups is 1. The number of nitrogens with one attached hydrogen (secondary N) is 3. The van der Waals surface area contributed by atoms with Gasteiger partial charge in [0.2, 0.25) is 0 Å². The number of halogens is 1. The molecular weight excluding hydrogens is 397 g/mol. The lowest BCUT2D eigenvalue weighted by atomic mass is 10.2. The molecule has 0 aromatic carbocycles. The molecule has 0 amide bonds. The van der Waals surface area contributed by atoms with Crippen molar-refractivity contribution in [1.82, 2.24) is 20.8 Å². The quantitative estimate of drug-likeness (QED) is 0.254. The van der Waals surface area contributed by atoms with Crippen LogP contribution in [0.15, 0.2) is 17.3 Å². The van der Waals surface area contributed by atoms with Gasteiger partial charge in [0.25, 0.3) is 0 Å². The van der Waals surface area contributed by atoms with Crippen LogP contribution in [0.5, 0.6) is 0 Å². The summed E-state index contributed by atoms with van der Waals surface area (Å²) in [6.45, 7) is 3.84. The number of ether oxygens (including phenoxy) is 2. The maximum Gasteiger partial charge on any atom is 0.191 e. The van der Waals surface area contributed by atoms with Crippen LogP contribution in [0.25, 0.3) is 0 Å². The molecule has 8 heteroatoms. The Balaban J connectivity index is 0.00000242. The fourth-order valence-corrected chi connectivity index (χ4v) is 2.15. The Labute approximate surface area is 148 Å². The molecule has 1 fully saturated rings. The maximum atomic E-state index is 5.61. The summed E-state index contributed by atoms with van der Waals surface area (Å²) in [5, 5.41) is 13.3. The number of aromatic amines is 1. The van der Waals surface area contributed by atoms with Gasteiger partial charge < -0.3 is 20.1 Å². The summed E-state index contributed by atoms with van der Waals surface area (Å²) >= 11 is 0. The van der Waals surface area contributed by atoms with E-state index >= 15 is 0 Å². The first-order valence-corrected chi connectivity index (χ1v) is 7.50. The van der Waals surface area contributed by atoms with Crippen LogP contribution in [0.2, 0.25) is 0 Å². The van der Waals surface area contributed by atoms with E-state index in [1.54, 1.807) is 13.2 Å². The van der Waals surface area contributed by atoms with Crippen LogP contribution in [-0.2, 0) is 16.0 Å². The SMILES string of the molecule is CN=C(NCCCOCC1CCCO1)NCc1ccn[nH]1.I. The van der Waals surface area contributed by atoms with E-state index in [0.29, 0.717) is 19.3 Å². The molecule has 1 aliphatic heterocycles. The van der Waals surface area contributed by atoms with E-state index < -0.39 is 0 Å². The number of guanidine groups is 1. The van der Waals surface area contributed by atoms with Crippen LogP contribution >= 0.6 is 24.0 Å². The zero-order valence-corrected chi connectivity index (χ0v) is 15.3. The monoisotopic (exact) mass is 423 g/mol. The third-order valence-corrected chi connectivity index (χ3v) is 3.31. The van der Waals surface area contributed by atoms with Crippen molar-refractivity contribution in [3.63, 3.8) is 0 Å². The predicted octanol–water partition coefficient (Wildman–Crippen LogP) is 1.28. The van der Waals surface area contributed by atoms with Crippen molar-refractivity contribution in [3.05, 3.63) is 18.0 Å². The molecule has 1 unspecified atom stereocenters. The first-order chi connectivity index (χ1) is 10.4. The fourth-order valence-electron chi connectivity index (χ4n) is 2.15. The number of nitrogens with zero attached hydrogens (tertiary/aromatic N) is 2. The molecule has 3 N–H and O–H groups in total. The minimum absolute atomic E-state index is 0. The van der Waals surface area contributed by atoms with E-state index in [9.17, 15) is 0 Å². The molecule has 2 rings (SSSR count). The lowest BCUT2D eigenvalue weighted by molar-refractivity contribution is 0.0168. The number of aromatic nitrogens is 2. The van der Waals surface area contributed by atoms with Gasteiger partial charge in [-0.3, -0.25) is 10.1 Å². The van der Waals surface area contributed by atoms with Crippen molar-refractivity contribution in [1.29, 1.82) is 0 Å².